The monoisotopic (exact) mass is 389 g/mol. The molecule has 2 aromatic heterocycles. The number of ether oxygens (including phenoxy) is 1. The van der Waals surface area contributed by atoms with Gasteiger partial charge in [0.15, 0.2) is 6.29 Å². The fourth-order valence-corrected chi connectivity index (χ4v) is 3.52. The Bertz CT molecular complexity index is 1160. The molecule has 0 bridgehead atoms. The second kappa shape index (κ2) is 7.53. The first-order chi connectivity index (χ1) is 13.6. The van der Waals surface area contributed by atoms with Gasteiger partial charge in [-0.05, 0) is 54.8 Å². The molecule has 0 amide bonds. The van der Waals surface area contributed by atoms with Gasteiger partial charge in [-0.2, -0.15) is 0 Å². The number of pyridine rings is 1. The minimum Gasteiger partial charge on any atom is -0.488 e. The van der Waals surface area contributed by atoms with Crippen LogP contribution in [0, 0.1) is 13.8 Å². The molecule has 3 nitrogen and oxygen atoms in total. The van der Waals surface area contributed by atoms with Crippen LogP contribution in [0.5, 0.6) is 5.75 Å². The summed E-state index contributed by atoms with van der Waals surface area (Å²) in [7, 11) is 0. The van der Waals surface area contributed by atoms with Crippen LogP contribution in [-0.4, -0.2) is 10.7 Å². The standard InChI is InChI=1S/C24H20ClNO2/c1-16-8-9-19-11-20(23(14-27)26(19)13-16)21-12-22(25)17(2)10-24(21)28-15-18-6-4-3-5-7-18/h3-14H,15H2,1-2H3. The molecule has 2 heterocycles. The van der Waals surface area contributed by atoms with Crippen LogP contribution in [0.1, 0.15) is 27.2 Å². The maximum atomic E-state index is 11.9. The van der Waals surface area contributed by atoms with Gasteiger partial charge in [0, 0.05) is 27.9 Å². The van der Waals surface area contributed by atoms with Gasteiger partial charge >= 0.3 is 0 Å². The van der Waals surface area contributed by atoms with Crippen molar-refractivity contribution in [3.63, 3.8) is 0 Å². The van der Waals surface area contributed by atoms with Crippen molar-refractivity contribution in [3.8, 4) is 16.9 Å². The van der Waals surface area contributed by atoms with Crippen molar-refractivity contribution < 1.29 is 9.53 Å². The molecule has 140 valence electrons. The van der Waals surface area contributed by atoms with E-state index < -0.39 is 0 Å². The van der Waals surface area contributed by atoms with Crippen LogP contribution >= 0.6 is 11.6 Å². The van der Waals surface area contributed by atoms with Crippen LogP contribution in [0.25, 0.3) is 16.6 Å². The fourth-order valence-electron chi connectivity index (χ4n) is 3.35. The molecular formula is C24H20ClNO2. The predicted molar refractivity (Wildman–Crippen MR) is 113 cm³/mol. The number of aldehydes is 1. The van der Waals surface area contributed by atoms with Crippen molar-refractivity contribution in [3.05, 3.63) is 94.3 Å². The number of carbonyl (C=O) groups is 1. The molecule has 4 aromatic rings. The molecule has 4 rings (SSSR count). The Morgan fingerprint density at radius 1 is 1.00 bits per heavy atom. The molecule has 2 aromatic carbocycles. The third-order valence-corrected chi connectivity index (χ3v) is 5.26. The summed E-state index contributed by atoms with van der Waals surface area (Å²) in [4.78, 5) is 11.9. The summed E-state index contributed by atoms with van der Waals surface area (Å²) in [6, 6.07) is 19.8. The van der Waals surface area contributed by atoms with Gasteiger partial charge in [-0.25, -0.2) is 0 Å². The lowest BCUT2D eigenvalue weighted by molar-refractivity contribution is 0.111. The summed E-state index contributed by atoms with van der Waals surface area (Å²) < 4.78 is 8.06. The Balaban J connectivity index is 1.84. The lowest BCUT2D eigenvalue weighted by Crippen LogP contribution is -1.99. The van der Waals surface area contributed by atoms with E-state index >= 15 is 0 Å². The van der Waals surface area contributed by atoms with Gasteiger partial charge < -0.3 is 9.14 Å². The molecule has 0 fully saturated rings. The lowest BCUT2D eigenvalue weighted by Gasteiger charge is -2.14. The van der Waals surface area contributed by atoms with E-state index in [1.165, 1.54) is 0 Å². The number of fused-ring (bicyclic) bond motifs is 1. The SMILES string of the molecule is Cc1ccc2cc(-c3cc(Cl)c(C)cc3OCc3ccccc3)c(C=O)n2c1. The normalized spacial score (nSPS) is 11.0. The number of hydrogen-bond donors (Lipinski definition) is 0. The first kappa shape index (κ1) is 18.3. The molecule has 0 aliphatic carbocycles. The van der Waals surface area contributed by atoms with Crippen molar-refractivity contribution in [2.75, 3.05) is 0 Å². The molecule has 28 heavy (non-hydrogen) atoms. The van der Waals surface area contributed by atoms with E-state index in [-0.39, 0.29) is 0 Å². The van der Waals surface area contributed by atoms with Crippen molar-refractivity contribution in [1.29, 1.82) is 0 Å². The van der Waals surface area contributed by atoms with Gasteiger partial charge in [0.25, 0.3) is 0 Å². The maximum Gasteiger partial charge on any atom is 0.167 e. The smallest absolute Gasteiger partial charge is 0.167 e. The number of halogens is 1. The van der Waals surface area contributed by atoms with Gasteiger partial charge in [0.05, 0.1) is 5.69 Å². The van der Waals surface area contributed by atoms with E-state index in [0.717, 1.165) is 39.6 Å². The minimum atomic E-state index is 0.442. The number of hydrogen-bond acceptors (Lipinski definition) is 2. The lowest BCUT2D eigenvalue weighted by atomic mass is 10.0. The molecular weight excluding hydrogens is 370 g/mol. The third-order valence-electron chi connectivity index (χ3n) is 4.86. The Labute approximate surface area is 169 Å². The maximum absolute atomic E-state index is 11.9. The largest absolute Gasteiger partial charge is 0.488 e. The van der Waals surface area contributed by atoms with E-state index in [2.05, 4.69) is 0 Å². The van der Waals surface area contributed by atoms with Crippen LogP contribution in [0.3, 0.4) is 0 Å². The summed E-state index contributed by atoms with van der Waals surface area (Å²) in [6.07, 6.45) is 2.85. The molecule has 0 atom stereocenters. The van der Waals surface area contributed by atoms with Gasteiger partial charge in [-0.1, -0.05) is 48.0 Å². The van der Waals surface area contributed by atoms with E-state index in [1.54, 1.807) is 0 Å². The molecule has 0 aliphatic rings. The zero-order valence-electron chi connectivity index (χ0n) is 15.8. The number of benzene rings is 2. The second-order valence-electron chi connectivity index (χ2n) is 6.93. The number of rotatable bonds is 5. The highest BCUT2D eigenvalue weighted by Crippen LogP contribution is 2.38. The Hall–Kier alpha value is -3.04. The van der Waals surface area contributed by atoms with Crippen LogP contribution in [0.15, 0.2) is 66.9 Å². The quantitative estimate of drug-likeness (QED) is 0.377. The zero-order chi connectivity index (χ0) is 19.7. The second-order valence-corrected chi connectivity index (χ2v) is 7.34. The highest BCUT2D eigenvalue weighted by Gasteiger charge is 2.17. The van der Waals surface area contributed by atoms with Gasteiger partial charge in [0.2, 0.25) is 0 Å². The first-order valence-corrected chi connectivity index (χ1v) is 9.49. The Kier molecular flexibility index (Phi) is 4.93. The topological polar surface area (TPSA) is 30.7 Å². The van der Waals surface area contributed by atoms with Gasteiger partial charge in [-0.15, -0.1) is 0 Å². The van der Waals surface area contributed by atoms with Crippen LogP contribution in [0.2, 0.25) is 5.02 Å². The summed E-state index contributed by atoms with van der Waals surface area (Å²) in [5, 5.41) is 0.644. The molecule has 0 aliphatic heterocycles. The van der Waals surface area contributed by atoms with Crippen molar-refractivity contribution in [2.45, 2.75) is 20.5 Å². The van der Waals surface area contributed by atoms with Crippen LogP contribution < -0.4 is 4.74 Å². The van der Waals surface area contributed by atoms with Gasteiger partial charge in [-0.3, -0.25) is 4.79 Å². The first-order valence-electron chi connectivity index (χ1n) is 9.11. The van der Waals surface area contributed by atoms with Crippen molar-refractivity contribution >= 4 is 23.4 Å². The molecule has 0 N–H and O–H groups in total. The van der Waals surface area contributed by atoms with E-state index in [0.29, 0.717) is 23.1 Å². The highest BCUT2D eigenvalue weighted by molar-refractivity contribution is 6.31. The number of carbonyl (C=O) groups excluding carboxylic acids is 1. The Morgan fingerprint density at radius 3 is 2.54 bits per heavy atom. The summed E-state index contributed by atoms with van der Waals surface area (Å²) in [5.74, 6) is 0.710. The summed E-state index contributed by atoms with van der Waals surface area (Å²) >= 11 is 6.42. The van der Waals surface area contributed by atoms with Crippen molar-refractivity contribution in [2.24, 2.45) is 0 Å². The molecule has 0 saturated carbocycles. The fraction of sp³-hybridized carbons (Fsp3) is 0.125. The van der Waals surface area contributed by atoms with E-state index in [9.17, 15) is 4.79 Å². The number of aryl methyl sites for hydroxylation is 2. The van der Waals surface area contributed by atoms with Crippen LogP contribution in [0.4, 0.5) is 0 Å². The third kappa shape index (κ3) is 3.41. The molecule has 4 heteroatoms. The van der Waals surface area contributed by atoms with Gasteiger partial charge in [0.1, 0.15) is 12.4 Å². The highest BCUT2D eigenvalue weighted by atomic mass is 35.5. The molecule has 0 unspecified atom stereocenters. The number of nitrogens with zero attached hydrogens (tertiary/aromatic N) is 1. The Morgan fingerprint density at radius 2 is 1.79 bits per heavy atom. The minimum absolute atomic E-state index is 0.442. The van der Waals surface area contributed by atoms with E-state index in [4.69, 9.17) is 16.3 Å². The predicted octanol–water partition coefficient (Wildman–Crippen LogP) is 6.27. The number of aromatic nitrogens is 1. The average molecular weight is 390 g/mol. The molecule has 0 saturated heterocycles. The molecule has 0 radical (unpaired) electrons. The zero-order valence-corrected chi connectivity index (χ0v) is 16.5. The summed E-state index contributed by atoms with van der Waals surface area (Å²) in [6.45, 7) is 4.39. The average Bonchev–Trinajstić information content (AvgIpc) is 3.06. The van der Waals surface area contributed by atoms with E-state index in [1.807, 2.05) is 85.1 Å². The molecule has 0 spiro atoms. The van der Waals surface area contributed by atoms with Crippen molar-refractivity contribution in [1.82, 2.24) is 4.40 Å². The van der Waals surface area contributed by atoms with Crippen LogP contribution in [-0.2, 0) is 6.61 Å². The summed E-state index contributed by atoms with van der Waals surface area (Å²) in [5.41, 5.74) is 6.26.